The molecule has 2 N–H and O–H groups in total. The molecular formula is C35H43N5O2. The van der Waals surface area contributed by atoms with Gasteiger partial charge in [-0.1, -0.05) is 101 Å². The molecule has 0 bridgehead atoms. The maximum Gasteiger partial charge on any atom is 0.322 e. The first-order chi connectivity index (χ1) is 20.1. The SMILES string of the molecule is CCCN(CC(=O)Nc1cc(-c2ccccc2)nn1-c1ccc(C)cc1C)C(=O)Nc1c(C(C)C)cccc1C(C)C. The average molecular weight is 566 g/mol. The standard InChI is InChI=1S/C35H43N5O2/c1-8-19-39(35(42)37-34-28(23(2)3)15-12-16-29(34)24(4)5)22-33(41)36-32-21-30(27-13-10-9-11-14-27)38-40(32)31-18-17-25(6)20-26(31)7/h9-18,20-21,23-24H,8,19,22H2,1-7H3,(H,36,41)(H,37,42). The Morgan fingerprint density at radius 3 is 2.12 bits per heavy atom. The lowest BCUT2D eigenvalue weighted by molar-refractivity contribution is -0.116. The van der Waals surface area contributed by atoms with Gasteiger partial charge in [0.05, 0.1) is 11.4 Å². The Balaban J connectivity index is 1.61. The van der Waals surface area contributed by atoms with Crippen molar-refractivity contribution in [2.45, 2.75) is 66.7 Å². The van der Waals surface area contributed by atoms with Crippen LogP contribution >= 0.6 is 0 Å². The van der Waals surface area contributed by atoms with Gasteiger partial charge in [-0.25, -0.2) is 9.48 Å². The van der Waals surface area contributed by atoms with Crippen molar-refractivity contribution in [3.63, 3.8) is 0 Å². The third-order valence-corrected chi connectivity index (χ3v) is 7.35. The minimum Gasteiger partial charge on any atom is -0.315 e. The van der Waals surface area contributed by atoms with Crippen LogP contribution in [0.5, 0.6) is 0 Å². The molecule has 7 nitrogen and oxygen atoms in total. The predicted molar refractivity (Wildman–Crippen MR) is 173 cm³/mol. The molecule has 1 heterocycles. The lowest BCUT2D eigenvalue weighted by Crippen LogP contribution is -2.41. The fourth-order valence-corrected chi connectivity index (χ4v) is 5.21. The number of hydrogen-bond donors (Lipinski definition) is 2. The van der Waals surface area contributed by atoms with Crippen LogP contribution in [0, 0.1) is 13.8 Å². The van der Waals surface area contributed by atoms with Crippen molar-refractivity contribution >= 4 is 23.4 Å². The predicted octanol–water partition coefficient (Wildman–Crippen LogP) is 8.29. The van der Waals surface area contributed by atoms with Crippen LogP contribution in [0.4, 0.5) is 16.3 Å². The Labute approximate surface area is 250 Å². The minimum absolute atomic E-state index is 0.0841. The number of amides is 3. The first kappa shape index (κ1) is 30.6. The summed E-state index contributed by atoms with van der Waals surface area (Å²) in [5.41, 5.74) is 7.79. The second-order valence-corrected chi connectivity index (χ2v) is 11.5. The van der Waals surface area contributed by atoms with E-state index in [1.54, 1.807) is 9.58 Å². The normalized spacial score (nSPS) is 11.2. The van der Waals surface area contributed by atoms with Crippen molar-refractivity contribution in [3.05, 3.63) is 95.1 Å². The van der Waals surface area contributed by atoms with Gasteiger partial charge in [-0.15, -0.1) is 0 Å². The molecule has 0 radical (unpaired) electrons. The number of carbonyl (C=O) groups is 2. The summed E-state index contributed by atoms with van der Waals surface area (Å²) in [6.45, 7) is 14.9. The zero-order chi connectivity index (χ0) is 30.4. The van der Waals surface area contributed by atoms with Gasteiger partial charge >= 0.3 is 6.03 Å². The van der Waals surface area contributed by atoms with Crippen LogP contribution < -0.4 is 10.6 Å². The Hall–Kier alpha value is -4.39. The van der Waals surface area contributed by atoms with E-state index in [1.165, 1.54) is 0 Å². The molecule has 7 heteroatoms. The fraction of sp³-hybridized carbons (Fsp3) is 0.343. The van der Waals surface area contributed by atoms with E-state index in [4.69, 9.17) is 5.10 Å². The van der Waals surface area contributed by atoms with Gasteiger partial charge < -0.3 is 15.5 Å². The molecular weight excluding hydrogens is 522 g/mol. The molecule has 0 aliphatic carbocycles. The number of hydrogen-bond acceptors (Lipinski definition) is 3. The molecule has 3 aromatic carbocycles. The Kier molecular flexibility index (Phi) is 9.84. The summed E-state index contributed by atoms with van der Waals surface area (Å²) in [5, 5.41) is 11.1. The van der Waals surface area contributed by atoms with Gasteiger partial charge in [-0.05, 0) is 54.9 Å². The maximum atomic E-state index is 13.6. The molecule has 0 atom stereocenters. The Morgan fingerprint density at radius 1 is 0.857 bits per heavy atom. The third-order valence-electron chi connectivity index (χ3n) is 7.35. The highest BCUT2D eigenvalue weighted by Gasteiger charge is 2.22. The molecule has 0 saturated heterocycles. The van der Waals surface area contributed by atoms with Gasteiger partial charge in [0.1, 0.15) is 12.4 Å². The highest BCUT2D eigenvalue weighted by Crippen LogP contribution is 2.33. The summed E-state index contributed by atoms with van der Waals surface area (Å²) in [7, 11) is 0. The third kappa shape index (κ3) is 7.08. The molecule has 0 spiro atoms. The van der Waals surface area contributed by atoms with E-state index in [1.807, 2.05) is 68.4 Å². The van der Waals surface area contributed by atoms with Crippen molar-refractivity contribution in [2.75, 3.05) is 23.7 Å². The highest BCUT2D eigenvalue weighted by atomic mass is 16.2. The Bertz CT molecular complexity index is 1510. The monoisotopic (exact) mass is 565 g/mol. The summed E-state index contributed by atoms with van der Waals surface area (Å²) < 4.78 is 1.77. The van der Waals surface area contributed by atoms with Crippen LogP contribution in [0.25, 0.3) is 16.9 Å². The quantitative estimate of drug-likeness (QED) is 0.203. The van der Waals surface area contributed by atoms with Crippen molar-refractivity contribution in [1.82, 2.24) is 14.7 Å². The van der Waals surface area contributed by atoms with E-state index in [0.717, 1.165) is 51.3 Å². The van der Waals surface area contributed by atoms with Crippen molar-refractivity contribution in [2.24, 2.45) is 0 Å². The largest absolute Gasteiger partial charge is 0.322 e. The number of benzene rings is 3. The zero-order valence-electron chi connectivity index (χ0n) is 25.9. The van der Waals surface area contributed by atoms with E-state index in [9.17, 15) is 9.59 Å². The molecule has 4 aromatic rings. The van der Waals surface area contributed by atoms with E-state index in [-0.39, 0.29) is 30.3 Å². The van der Waals surface area contributed by atoms with Gasteiger partial charge in [0.25, 0.3) is 0 Å². The smallest absolute Gasteiger partial charge is 0.315 e. The van der Waals surface area contributed by atoms with Crippen molar-refractivity contribution < 1.29 is 9.59 Å². The van der Waals surface area contributed by atoms with Gasteiger partial charge in [-0.3, -0.25) is 4.79 Å². The minimum atomic E-state index is -0.287. The molecule has 42 heavy (non-hydrogen) atoms. The highest BCUT2D eigenvalue weighted by molar-refractivity contribution is 5.97. The number of nitrogens with zero attached hydrogens (tertiary/aromatic N) is 3. The molecule has 220 valence electrons. The summed E-state index contributed by atoms with van der Waals surface area (Å²) in [6, 6.07) is 23.8. The molecule has 4 rings (SSSR count). The van der Waals surface area contributed by atoms with Gasteiger partial charge in [-0.2, -0.15) is 5.10 Å². The second-order valence-electron chi connectivity index (χ2n) is 11.5. The van der Waals surface area contributed by atoms with E-state index >= 15 is 0 Å². The summed E-state index contributed by atoms with van der Waals surface area (Å²) in [5.74, 6) is 0.748. The first-order valence-corrected chi connectivity index (χ1v) is 14.8. The number of rotatable bonds is 10. The van der Waals surface area contributed by atoms with Gasteiger partial charge in [0.15, 0.2) is 0 Å². The van der Waals surface area contributed by atoms with E-state index in [2.05, 4.69) is 63.5 Å². The summed E-state index contributed by atoms with van der Waals surface area (Å²) in [4.78, 5) is 28.7. The summed E-state index contributed by atoms with van der Waals surface area (Å²) >= 11 is 0. The van der Waals surface area contributed by atoms with Crippen LogP contribution in [0.2, 0.25) is 0 Å². The Morgan fingerprint density at radius 2 is 1.52 bits per heavy atom. The first-order valence-electron chi connectivity index (χ1n) is 14.8. The lowest BCUT2D eigenvalue weighted by atomic mass is 9.93. The molecule has 3 amide bonds. The number of anilines is 2. The molecule has 0 aliphatic heterocycles. The number of nitrogens with one attached hydrogen (secondary N) is 2. The van der Waals surface area contributed by atoms with E-state index in [0.29, 0.717) is 12.4 Å². The number of urea groups is 1. The molecule has 0 aliphatic rings. The van der Waals surface area contributed by atoms with Crippen LogP contribution in [0.1, 0.15) is 75.1 Å². The maximum absolute atomic E-state index is 13.6. The number of para-hydroxylation sites is 1. The van der Waals surface area contributed by atoms with Gasteiger partial charge in [0.2, 0.25) is 5.91 Å². The van der Waals surface area contributed by atoms with Crippen LogP contribution in [0.15, 0.2) is 72.8 Å². The van der Waals surface area contributed by atoms with Crippen molar-refractivity contribution in [3.8, 4) is 16.9 Å². The molecule has 1 aromatic heterocycles. The number of carbonyl (C=O) groups excluding carboxylic acids is 2. The topological polar surface area (TPSA) is 79.3 Å². The molecule has 0 fully saturated rings. The van der Waals surface area contributed by atoms with Crippen molar-refractivity contribution in [1.29, 1.82) is 0 Å². The van der Waals surface area contributed by atoms with E-state index < -0.39 is 0 Å². The number of aryl methyl sites for hydroxylation is 2. The van der Waals surface area contributed by atoms with Crippen LogP contribution in [-0.2, 0) is 4.79 Å². The van der Waals surface area contributed by atoms with Crippen LogP contribution in [0.3, 0.4) is 0 Å². The molecule has 0 saturated carbocycles. The fourth-order valence-electron chi connectivity index (χ4n) is 5.21. The average Bonchev–Trinajstić information content (AvgIpc) is 3.36. The molecule has 0 unspecified atom stereocenters. The second kappa shape index (κ2) is 13.5. The lowest BCUT2D eigenvalue weighted by Gasteiger charge is -2.25. The van der Waals surface area contributed by atoms with Gasteiger partial charge in [0, 0.05) is 23.9 Å². The number of aromatic nitrogens is 2. The summed E-state index contributed by atoms with van der Waals surface area (Å²) in [6.07, 6.45) is 0.724. The zero-order valence-corrected chi connectivity index (χ0v) is 25.9. The van der Waals surface area contributed by atoms with Crippen LogP contribution in [-0.4, -0.2) is 39.7 Å².